The standard InChI is InChI=1S/C29H38N4O4/c1-31-14-10-22(11-15-31)12-16-32(2)28(36)23-8-9-24-20-33(17-13-21-6-4-3-5-7-21)29(37)26(19-27(34)35)30-25(24)18-23/h3-9,18,22,26,30H,10-17,19-20H2,1-2H3,(H,34,35)/p-1. The van der Waals surface area contributed by atoms with Crippen molar-refractivity contribution in [1.29, 1.82) is 0 Å². The van der Waals surface area contributed by atoms with Gasteiger partial charge in [-0.15, -0.1) is 0 Å². The first-order valence-corrected chi connectivity index (χ1v) is 13.2. The van der Waals surface area contributed by atoms with Crippen molar-refractivity contribution in [2.45, 2.75) is 44.7 Å². The molecule has 1 saturated heterocycles. The highest BCUT2D eigenvalue weighted by molar-refractivity contribution is 5.96. The molecule has 0 radical (unpaired) electrons. The minimum absolute atomic E-state index is 0.0783. The molecule has 0 bridgehead atoms. The van der Waals surface area contributed by atoms with E-state index in [1.807, 2.05) is 43.4 Å². The van der Waals surface area contributed by atoms with Gasteiger partial charge in [-0.2, -0.15) is 0 Å². The number of aliphatic carboxylic acids is 1. The molecule has 1 atom stereocenters. The van der Waals surface area contributed by atoms with Gasteiger partial charge in [-0.3, -0.25) is 9.59 Å². The van der Waals surface area contributed by atoms with E-state index in [4.69, 9.17) is 0 Å². The van der Waals surface area contributed by atoms with E-state index in [1.165, 1.54) is 0 Å². The zero-order valence-corrected chi connectivity index (χ0v) is 21.8. The number of anilines is 1. The largest absolute Gasteiger partial charge is 0.550 e. The molecule has 1 N–H and O–H groups in total. The van der Waals surface area contributed by atoms with Gasteiger partial charge in [0.1, 0.15) is 6.04 Å². The first kappa shape index (κ1) is 26.7. The molecule has 2 aliphatic rings. The maximum absolute atomic E-state index is 13.2. The van der Waals surface area contributed by atoms with Crippen LogP contribution in [-0.2, 0) is 22.6 Å². The third-order valence-electron chi connectivity index (χ3n) is 7.60. The monoisotopic (exact) mass is 505 g/mol. The fourth-order valence-electron chi connectivity index (χ4n) is 5.19. The maximum atomic E-state index is 13.2. The van der Waals surface area contributed by atoms with Crippen molar-refractivity contribution in [1.82, 2.24) is 14.7 Å². The van der Waals surface area contributed by atoms with Gasteiger partial charge in [-0.25, -0.2) is 0 Å². The fraction of sp³-hybridized carbons (Fsp3) is 0.483. The highest BCUT2D eigenvalue weighted by Gasteiger charge is 2.30. The summed E-state index contributed by atoms with van der Waals surface area (Å²) < 4.78 is 0. The van der Waals surface area contributed by atoms with Crippen LogP contribution in [0.1, 0.15) is 47.2 Å². The Labute approximate surface area is 219 Å². The van der Waals surface area contributed by atoms with Gasteiger partial charge in [-0.05, 0) is 75.0 Å². The van der Waals surface area contributed by atoms with E-state index >= 15 is 0 Å². The number of hydrogen-bond acceptors (Lipinski definition) is 6. The van der Waals surface area contributed by atoms with Gasteiger partial charge >= 0.3 is 0 Å². The molecule has 0 aliphatic carbocycles. The molecule has 1 fully saturated rings. The Balaban J connectivity index is 1.46. The van der Waals surface area contributed by atoms with Crippen LogP contribution >= 0.6 is 0 Å². The molecule has 2 aliphatic heterocycles. The summed E-state index contributed by atoms with van der Waals surface area (Å²) in [7, 11) is 3.97. The Morgan fingerprint density at radius 3 is 2.54 bits per heavy atom. The van der Waals surface area contributed by atoms with Crippen LogP contribution in [0, 0.1) is 5.92 Å². The summed E-state index contributed by atoms with van der Waals surface area (Å²) in [4.78, 5) is 43.7. The summed E-state index contributed by atoms with van der Waals surface area (Å²) in [6, 6.07) is 14.3. The lowest BCUT2D eigenvalue weighted by atomic mass is 9.93. The summed E-state index contributed by atoms with van der Waals surface area (Å²) in [5.41, 5.74) is 3.10. The Kier molecular flexibility index (Phi) is 8.82. The average molecular weight is 506 g/mol. The zero-order valence-electron chi connectivity index (χ0n) is 21.8. The number of amides is 2. The highest BCUT2D eigenvalue weighted by atomic mass is 16.4. The lowest BCUT2D eigenvalue weighted by molar-refractivity contribution is -0.305. The fourth-order valence-corrected chi connectivity index (χ4v) is 5.19. The third kappa shape index (κ3) is 7.10. The summed E-state index contributed by atoms with van der Waals surface area (Å²) in [5.74, 6) is -1.01. The van der Waals surface area contributed by atoms with E-state index in [0.29, 0.717) is 43.2 Å². The minimum Gasteiger partial charge on any atom is -0.550 e. The number of carbonyl (C=O) groups excluding carboxylic acids is 3. The number of fused-ring (bicyclic) bond motifs is 1. The van der Waals surface area contributed by atoms with Crippen LogP contribution in [0.25, 0.3) is 0 Å². The lowest BCUT2D eigenvalue weighted by Gasteiger charge is -2.30. The van der Waals surface area contributed by atoms with Gasteiger partial charge in [0.15, 0.2) is 0 Å². The van der Waals surface area contributed by atoms with Crippen molar-refractivity contribution in [3.05, 3.63) is 65.2 Å². The predicted octanol–water partition coefficient (Wildman–Crippen LogP) is 2.00. The first-order valence-electron chi connectivity index (χ1n) is 13.2. The van der Waals surface area contributed by atoms with Crippen LogP contribution in [0.2, 0.25) is 0 Å². The minimum atomic E-state index is -1.29. The number of benzene rings is 2. The number of nitrogens with one attached hydrogen (secondary N) is 1. The van der Waals surface area contributed by atoms with Crippen molar-refractivity contribution in [3.8, 4) is 0 Å². The molecule has 0 spiro atoms. The Bertz CT molecular complexity index is 1100. The van der Waals surface area contributed by atoms with Crippen LogP contribution in [0.4, 0.5) is 5.69 Å². The summed E-state index contributed by atoms with van der Waals surface area (Å²) >= 11 is 0. The molecule has 198 valence electrons. The molecule has 37 heavy (non-hydrogen) atoms. The van der Waals surface area contributed by atoms with Crippen LogP contribution in [-0.4, -0.2) is 78.8 Å². The molecule has 2 amide bonds. The van der Waals surface area contributed by atoms with Gasteiger partial charge in [0, 0.05) is 50.3 Å². The van der Waals surface area contributed by atoms with E-state index in [0.717, 1.165) is 43.5 Å². The third-order valence-corrected chi connectivity index (χ3v) is 7.60. The number of hydrogen-bond donors (Lipinski definition) is 1. The Morgan fingerprint density at radius 1 is 1.11 bits per heavy atom. The van der Waals surface area contributed by atoms with E-state index < -0.39 is 18.4 Å². The molecule has 1 unspecified atom stereocenters. The van der Waals surface area contributed by atoms with E-state index in [1.54, 1.807) is 21.9 Å². The molecule has 0 aromatic heterocycles. The molecule has 2 heterocycles. The molecule has 8 nitrogen and oxygen atoms in total. The number of likely N-dealkylation sites (tertiary alicyclic amines) is 1. The van der Waals surface area contributed by atoms with Crippen LogP contribution in [0.3, 0.4) is 0 Å². The Morgan fingerprint density at radius 2 is 1.84 bits per heavy atom. The molecule has 8 heteroatoms. The number of carboxylic acid groups (broad SMARTS) is 1. The summed E-state index contributed by atoms with van der Waals surface area (Å²) in [6.07, 6.45) is 3.54. The Hall–Kier alpha value is -3.39. The molecule has 2 aromatic rings. The topological polar surface area (TPSA) is 96.0 Å². The van der Waals surface area contributed by atoms with E-state index in [2.05, 4.69) is 17.3 Å². The normalized spacial score (nSPS) is 18.6. The molecule has 4 rings (SSSR count). The molecular formula is C29H37N4O4-. The van der Waals surface area contributed by atoms with Gasteiger partial charge in [0.2, 0.25) is 5.91 Å². The second kappa shape index (κ2) is 12.2. The number of piperidine rings is 1. The summed E-state index contributed by atoms with van der Waals surface area (Å²) in [6.45, 7) is 3.71. The van der Waals surface area contributed by atoms with E-state index in [-0.39, 0.29) is 11.8 Å². The quantitative estimate of drug-likeness (QED) is 0.560. The van der Waals surface area contributed by atoms with Crippen LogP contribution < -0.4 is 10.4 Å². The van der Waals surface area contributed by atoms with Crippen LogP contribution in [0.15, 0.2) is 48.5 Å². The number of carboxylic acids is 1. The number of nitrogens with zero attached hydrogens (tertiary/aromatic N) is 3. The zero-order chi connectivity index (χ0) is 26.4. The molecule has 0 saturated carbocycles. The smallest absolute Gasteiger partial charge is 0.253 e. The predicted molar refractivity (Wildman–Crippen MR) is 141 cm³/mol. The highest BCUT2D eigenvalue weighted by Crippen LogP contribution is 2.27. The number of carbonyl (C=O) groups is 3. The second-order valence-electron chi connectivity index (χ2n) is 10.4. The average Bonchev–Trinajstić information content (AvgIpc) is 3.02. The van der Waals surface area contributed by atoms with Gasteiger partial charge < -0.3 is 29.9 Å². The van der Waals surface area contributed by atoms with Gasteiger partial charge in [-0.1, -0.05) is 36.4 Å². The van der Waals surface area contributed by atoms with Crippen molar-refractivity contribution in [2.75, 3.05) is 45.6 Å². The lowest BCUT2D eigenvalue weighted by Crippen LogP contribution is -2.44. The van der Waals surface area contributed by atoms with Crippen LogP contribution in [0.5, 0.6) is 0 Å². The van der Waals surface area contributed by atoms with E-state index in [9.17, 15) is 19.5 Å². The summed E-state index contributed by atoms with van der Waals surface area (Å²) in [5, 5.41) is 14.5. The molecular weight excluding hydrogens is 468 g/mol. The SMILES string of the molecule is CN1CCC(CCN(C)C(=O)c2ccc3c(c2)NC(CC(=O)[O-])C(=O)N(CCc2ccccc2)C3)CC1. The molecule has 2 aromatic carbocycles. The number of rotatable bonds is 9. The van der Waals surface area contributed by atoms with Gasteiger partial charge in [0.05, 0.1) is 0 Å². The first-order chi connectivity index (χ1) is 17.8. The van der Waals surface area contributed by atoms with Crippen molar-refractivity contribution in [3.63, 3.8) is 0 Å². The van der Waals surface area contributed by atoms with Gasteiger partial charge in [0.25, 0.3) is 5.91 Å². The van der Waals surface area contributed by atoms with Crippen molar-refractivity contribution < 1.29 is 19.5 Å². The van der Waals surface area contributed by atoms with Crippen molar-refractivity contribution >= 4 is 23.5 Å². The maximum Gasteiger partial charge on any atom is 0.253 e. The van der Waals surface area contributed by atoms with Crippen molar-refractivity contribution in [2.24, 2.45) is 5.92 Å². The second-order valence-corrected chi connectivity index (χ2v) is 10.4.